The standard InChI is InChI=1S/C60H57N5O/c1-58(2,3)39-29-30-61-57(34-39)65-51-26-15-12-23-47(51)48-36-55(64-49-24-13-10-21-45(49)46-22-11-14-25-50(46)64)56(37-54(48)65)66-44-20-18-19-42(35-44)62-38-63(53-28-17-16-27-52(53)62)43-32-40(59(4,5)6)31-41(33-43)60(7,8)9/h10-37H,38H2,1-9H3/i10D,11D,13D,14D,21D,22D,24D,25D. The minimum Gasteiger partial charge on any atom is -0.455 e. The van der Waals surface area contributed by atoms with Crippen LogP contribution in [0.4, 0.5) is 22.7 Å². The molecule has 0 unspecified atom stereocenters. The van der Waals surface area contributed by atoms with E-state index in [1.807, 2.05) is 72.9 Å². The molecule has 328 valence electrons. The van der Waals surface area contributed by atoms with Gasteiger partial charge in [-0.25, -0.2) is 4.98 Å². The highest BCUT2D eigenvalue weighted by Crippen LogP contribution is 2.48. The van der Waals surface area contributed by atoms with Crippen LogP contribution >= 0.6 is 0 Å². The number of rotatable bonds is 6. The van der Waals surface area contributed by atoms with Gasteiger partial charge in [0.25, 0.3) is 0 Å². The lowest BCUT2D eigenvalue weighted by Gasteiger charge is -2.29. The van der Waals surface area contributed by atoms with Crippen molar-refractivity contribution >= 4 is 66.4 Å². The molecule has 0 bridgehead atoms. The average molecular weight is 872 g/mol. The van der Waals surface area contributed by atoms with E-state index >= 15 is 0 Å². The lowest BCUT2D eigenvalue weighted by molar-refractivity contribution is 0.481. The summed E-state index contributed by atoms with van der Waals surface area (Å²) in [6.07, 6.45) is 1.81. The summed E-state index contributed by atoms with van der Waals surface area (Å²) >= 11 is 0. The fourth-order valence-corrected chi connectivity index (χ4v) is 9.29. The van der Waals surface area contributed by atoms with Gasteiger partial charge in [-0.15, -0.1) is 0 Å². The van der Waals surface area contributed by atoms with Gasteiger partial charge in [-0.1, -0.05) is 141 Å². The number of anilines is 4. The Kier molecular flexibility index (Phi) is 7.61. The Bertz CT molecular complexity index is 3880. The third-order valence-electron chi connectivity index (χ3n) is 12.9. The lowest BCUT2D eigenvalue weighted by Crippen LogP contribution is -2.25. The number of nitrogens with zero attached hydrogens (tertiary/aromatic N) is 5. The molecule has 0 aliphatic carbocycles. The molecule has 0 saturated carbocycles. The summed E-state index contributed by atoms with van der Waals surface area (Å²) in [5, 5.41) is 1.59. The van der Waals surface area contributed by atoms with E-state index in [-0.39, 0.29) is 43.8 Å². The molecule has 11 rings (SSSR count). The van der Waals surface area contributed by atoms with E-state index in [9.17, 15) is 5.48 Å². The van der Waals surface area contributed by atoms with Crippen LogP contribution in [0.15, 0.2) is 170 Å². The monoisotopic (exact) mass is 872 g/mol. The Morgan fingerprint density at radius 2 is 1.08 bits per heavy atom. The van der Waals surface area contributed by atoms with Gasteiger partial charge < -0.3 is 19.1 Å². The predicted octanol–water partition coefficient (Wildman–Crippen LogP) is 16.2. The number of pyridine rings is 1. The van der Waals surface area contributed by atoms with Crippen LogP contribution in [0.25, 0.3) is 55.1 Å². The third-order valence-corrected chi connectivity index (χ3v) is 12.9. The SMILES string of the molecule is [2H]c1c([2H])c([2H])c2c(c1[2H])c1c([2H])c([2H])c([2H])c([2H])c1n2-c1cc2c3ccccc3n(-c3cc(C(C)(C)C)ccn3)c2cc1Oc1cccc(N2CN(c3cc(C(C)(C)C)cc(C(C)(C)C)c3)c3ccccc32)c1. The van der Waals surface area contributed by atoms with E-state index in [4.69, 9.17) is 15.2 Å². The highest BCUT2D eigenvalue weighted by atomic mass is 16.5. The highest BCUT2D eigenvalue weighted by Gasteiger charge is 2.31. The molecule has 66 heavy (non-hydrogen) atoms. The first-order valence-electron chi connectivity index (χ1n) is 26.6. The molecule has 0 atom stereocenters. The number of hydrogen-bond acceptors (Lipinski definition) is 4. The van der Waals surface area contributed by atoms with E-state index in [2.05, 4.69) is 125 Å². The maximum atomic E-state index is 9.42. The second-order valence-electron chi connectivity index (χ2n) is 20.5. The van der Waals surface area contributed by atoms with E-state index in [1.165, 1.54) is 15.7 Å². The molecule has 0 spiro atoms. The topological polar surface area (TPSA) is 38.5 Å². The van der Waals surface area contributed by atoms with Crippen LogP contribution in [-0.4, -0.2) is 20.8 Å². The maximum Gasteiger partial charge on any atom is 0.153 e. The normalized spacial score (nSPS) is 15.1. The zero-order chi connectivity index (χ0) is 52.7. The lowest BCUT2D eigenvalue weighted by atomic mass is 9.80. The smallest absolute Gasteiger partial charge is 0.153 e. The molecule has 3 aromatic heterocycles. The number of benzene rings is 7. The van der Waals surface area contributed by atoms with E-state index < -0.39 is 48.3 Å². The van der Waals surface area contributed by atoms with Gasteiger partial charge in [-0.05, 0) is 106 Å². The molecular weight excluding hydrogens is 807 g/mol. The van der Waals surface area contributed by atoms with Gasteiger partial charge in [0.1, 0.15) is 18.2 Å². The van der Waals surface area contributed by atoms with Crippen LogP contribution in [0.2, 0.25) is 0 Å². The van der Waals surface area contributed by atoms with Crippen LogP contribution in [0.3, 0.4) is 0 Å². The fourth-order valence-electron chi connectivity index (χ4n) is 9.29. The largest absolute Gasteiger partial charge is 0.455 e. The molecule has 0 N–H and O–H groups in total. The number of fused-ring (bicyclic) bond motifs is 7. The van der Waals surface area contributed by atoms with Crippen molar-refractivity contribution in [3.8, 4) is 23.0 Å². The summed E-state index contributed by atoms with van der Waals surface area (Å²) in [7, 11) is 0. The molecule has 4 heterocycles. The van der Waals surface area contributed by atoms with Gasteiger partial charge in [0.05, 0.1) is 50.1 Å². The molecule has 1 aliphatic heterocycles. The van der Waals surface area contributed by atoms with Crippen LogP contribution in [0.1, 0.15) is 90.0 Å². The number of aromatic nitrogens is 3. The Morgan fingerprint density at radius 1 is 0.470 bits per heavy atom. The molecule has 0 radical (unpaired) electrons. The number of ether oxygens (including phenoxy) is 1. The first-order valence-corrected chi connectivity index (χ1v) is 22.6. The molecule has 0 saturated heterocycles. The van der Waals surface area contributed by atoms with E-state index in [0.717, 1.165) is 50.1 Å². The first-order chi connectivity index (χ1) is 34.9. The minimum absolute atomic E-state index is 0.00172. The highest BCUT2D eigenvalue weighted by molar-refractivity contribution is 6.13. The van der Waals surface area contributed by atoms with Gasteiger partial charge >= 0.3 is 0 Å². The van der Waals surface area contributed by atoms with Crippen molar-refractivity contribution < 1.29 is 15.7 Å². The second-order valence-corrected chi connectivity index (χ2v) is 20.5. The van der Waals surface area contributed by atoms with Crippen molar-refractivity contribution in [1.82, 2.24) is 14.1 Å². The van der Waals surface area contributed by atoms with Crippen molar-refractivity contribution in [3.63, 3.8) is 0 Å². The minimum atomic E-state index is -0.510. The molecule has 10 aromatic rings. The summed E-state index contributed by atoms with van der Waals surface area (Å²) in [6.45, 7) is 20.5. The third kappa shape index (κ3) is 6.98. The second kappa shape index (κ2) is 15.1. The van der Waals surface area contributed by atoms with Crippen LogP contribution in [0, 0.1) is 0 Å². The molecule has 1 aliphatic rings. The van der Waals surface area contributed by atoms with Gasteiger partial charge in [0.2, 0.25) is 0 Å². The van der Waals surface area contributed by atoms with Crippen molar-refractivity contribution in [3.05, 3.63) is 186 Å². The van der Waals surface area contributed by atoms with Crippen molar-refractivity contribution in [1.29, 1.82) is 0 Å². The number of hydrogen-bond donors (Lipinski definition) is 0. The Morgan fingerprint density at radius 3 is 1.73 bits per heavy atom. The maximum absolute atomic E-state index is 9.42. The van der Waals surface area contributed by atoms with Crippen LogP contribution in [0.5, 0.6) is 11.5 Å². The van der Waals surface area contributed by atoms with Crippen molar-refractivity contribution in [2.45, 2.75) is 78.6 Å². The molecule has 0 amide bonds. The quantitative estimate of drug-likeness (QED) is 0.167. The van der Waals surface area contributed by atoms with E-state index in [0.29, 0.717) is 23.9 Å². The summed E-state index contributed by atoms with van der Waals surface area (Å²) in [5.74, 6) is 1.41. The molecule has 6 nitrogen and oxygen atoms in total. The van der Waals surface area contributed by atoms with Gasteiger partial charge in [-0.3, -0.25) is 4.57 Å². The molecule has 0 fully saturated rings. The summed E-state index contributed by atoms with van der Waals surface area (Å²) in [6, 6.07) is 35.4. The first kappa shape index (κ1) is 33.2. The summed E-state index contributed by atoms with van der Waals surface area (Å²) < 4.78 is 83.3. The molecule has 7 aromatic carbocycles. The predicted molar refractivity (Wildman–Crippen MR) is 278 cm³/mol. The molecular formula is C60H57N5O. The summed E-state index contributed by atoms with van der Waals surface area (Å²) in [4.78, 5) is 9.53. The van der Waals surface area contributed by atoms with Crippen LogP contribution in [-0.2, 0) is 16.2 Å². The average Bonchev–Trinajstić information content (AvgIpc) is 4.06. The van der Waals surface area contributed by atoms with Crippen LogP contribution < -0.4 is 14.5 Å². The molecule has 6 heteroatoms. The van der Waals surface area contributed by atoms with Gasteiger partial charge in [0, 0.05) is 51.2 Å². The zero-order valence-electron chi connectivity index (χ0n) is 46.9. The van der Waals surface area contributed by atoms with Gasteiger partial charge in [-0.2, -0.15) is 0 Å². The Labute approximate surface area is 399 Å². The van der Waals surface area contributed by atoms with Crippen molar-refractivity contribution in [2.24, 2.45) is 0 Å². The summed E-state index contributed by atoms with van der Waals surface area (Å²) in [5.41, 5.74) is 9.20. The number of para-hydroxylation sites is 5. The van der Waals surface area contributed by atoms with Gasteiger partial charge in [0.15, 0.2) is 5.75 Å². The Hall–Kier alpha value is -7.31. The fraction of sp³-hybridized carbons (Fsp3) is 0.217. The Balaban J connectivity index is 1.16. The zero-order valence-corrected chi connectivity index (χ0v) is 38.9. The van der Waals surface area contributed by atoms with E-state index in [1.54, 1.807) is 0 Å². The van der Waals surface area contributed by atoms with Crippen molar-refractivity contribution in [2.75, 3.05) is 16.5 Å².